The third-order valence-electron chi connectivity index (χ3n) is 3.24. The Balaban J connectivity index is 2.21. The number of hydrogen-bond acceptors (Lipinski definition) is 3. The molecule has 0 heterocycles. The van der Waals surface area contributed by atoms with Crippen LogP contribution < -0.4 is 5.32 Å². The molecule has 2 aromatic carbocycles. The van der Waals surface area contributed by atoms with E-state index in [-0.39, 0.29) is 11.6 Å². The SMILES string of the molecule is COC(=O)c1cccc(NCc2cccc(Cl)c2F)c1C. The van der Waals surface area contributed by atoms with Gasteiger partial charge in [-0.25, -0.2) is 9.18 Å². The van der Waals surface area contributed by atoms with Crippen LogP contribution in [0.1, 0.15) is 21.5 Å². The summed E-state index contributed by atoms with van der Waals surface area (Å²) in [6.07, 6.45) is 0. The zero-order valence-electron chi connectivity index (χ0n) is 11.7. The average Bonchev–Trinajstić information content (AvgIpc) is 2.49. The van der Waals surface area contributed by atoms with E-state index < -0.39 is 11.8 Å². The summed E-state index contributed by atoms with van der Waals surface area (Å²) >= 11 is 5.75. The zero-order chi connectivity index (χ0) is 15.4. The predicted octanol–water partition coefficient (Wildman–Crippen LogP) is 4.19. The van der Waals surface area contributed by atoms with Crippen molar-refractivity contribution in [1.82, 2.24) is 0 Å². The molecule has 0 bridgehead atoms. The highest BCUT2D eigenvalue weighted by Crippen LogP contribution is 2.22. The van der Waals surface area contributed by atoms with Crippen LogP contribution in [0.15, 0.2) is 36.4 Å². The Labute approximate surface area is 127 Å². The fourth-order valence-corrected chi connectivity index (χ4v) is 2.23. The van der Waals surface area contributed by atoms with Crippen LogP contribution in [0.2, 0.25) is 5.02 Å². The molecule has 0 saturated carbocycles. The molecule has 0 fully saturated rings. The molecule has 0 aliphatic carbocycles. The number of hydrogen-bond donors (Lipinski definition) is 1. The van der Waals surface area contributed by atoms with E-state index in [4.69, 9.17) is 16.3 Å². The smallest absolute Gasteiger partial charge is 0.338 e. The Bertz CT molecular complexity index is 673. The minimum absolute atomic E-state index is 0.0920. The molecular weight excluding hydrogens is 293 g/mol. The maximum atomic E-state index is 13.8. The molecule has 0 aliphatic heterocycles. The minimum atomic E-state index is -0.437. The van der Waals surface area contributed by atoms with Crippen molar-refractivity contribution in [1.29, 1.82) is 0 Å². The van der Waals surface area contributed by atoms with Gasteiger partial charge in [0.2, 0.25) is 0 Å². The van der Waals surface area contributed by atoms with Gasteiger partial charge in [-0.05, 0) is 30.7 Å². The third-order valence-corrected chi connectivity index (χ3v) is 3.53. The maximum Gasteiger partial charge on any atom is 0.338 e. The first-order valence-electron chi connectivity index (χ1n) is 6.39. The van der Waals surface area contributed by atoms with E-state index in [9.17, 15) is 9.18 Å². The quantitative estimate of drug-likeness (QED) is 0.861. The second-order valence-electron chi connectivity index (χ2n) is 4.54. The van der Waals surface area contributed by atoms with Crippen molar-refractivity contribution in [2.75, 3.05) is 12.4 Å². The van der Waals surface area contributed by atoms with Gasteiger partial charge >= 0.3 is 5.97 Å². The Hall–Kier alpha value is -2.07. The van der Waals surface area contributed by atoms with Crippen molar-refractivity contribution >= 4 is 23.3 Å². The third kappa shape index (κ3) is 3.34. The molecule has 5 heteroatoms. The molecule has 0 atom stereocenters. The van der Waals surface area contributed by atoms with Crippen molar-refractivity contribution < 1.29 is 13.9 Å². The van der Waals surface area contributed by atoms with Crippen LogP contribution in [0, 0.1) is 12.7 Å². The van der Waals surface area contributed by atoms with Gasteiger partial charge < -0.3 is 10.1 Å². The van der Waals surface area contributed by atoms with Crippen LogP contribution in [-0.2, 0) is 11.3 Å². The highest BCUT2D eigenvalue weighted by atomic mass is 35.5. The van der Waals surface area contributed by atoms with Gasteiger partial charge in [-0.15, -0.1) is 0 Å². The van der Waals surface area contributed by atoms with Crippen molar-refractivity contribution in [3.63, 3.8) is 0 Å². The Morgan fingerprint density at radius 2 is 2.00 bits per heavy atom. The first kappa shape index (κ1) is 15.3. The molecule has 1 N–H and O–H groups in total. The van der Waals surface area contributed by atoms with E-state index in [1.165, 1.54) is 13.2 Å². The molecule has 2 aromatic rings. The summed E-state index contributed by atoms with van der Waals surface area (Å²) in [7, 11) is 1.34. The fourth-order valence-electron chi connectivity index (χ4n) is 2.03. The summed E-state index contributed by atoms with van der Waals surface area (Å²) in [5, 5.41) is 3.20. The Kier molecular flexibility index (Phi) is 4.81. The van der Waals surface area contributed by atoms with Crippen LogP contribution in [-0.4, -0.2) is 13.1 Å². The Morgan fingerprint density at radius 1 is 1.29 bits per heavy atom. The number of anilines is 1. The van der Waals surface area contributed by atoms with Crippen molar-refractivity contribution in [2.24, 2.45) is 0 Å². The molecule has 0 spiro atoms. The average molecular weight is 308 g/mol. The lowest BCUT2D eigenvalue weighted by atomic mass is 10.1. The summed E-state index contributed by atoms with van der Waals surface area (Å²) in [4.78, 5) is 11.6. The van der Waals surface area contributed by atoms with E-state index in [0.717, 1.165) is 11.3 Å². The summed E-state index contributed by atoms with van der Waals surface area (Å²) in [6.45, 7) is 2.08. The summed E-state index contributed by atoms with van der Waals surface area (Å²) in [5.74, 6) is -0.835. The van der Waals surface area contributed by atoms with Gasteiger partial charge in [-0.3, -0.25) is 0 Å². The molecule has 0 amide bonds. The van der Waals surface area contributed by atoms with Gasteiger partial charge in [0.25, 0.3) is 0 Å². The number of halogens is 2. The molecule has 0 aromatic heterocycles. The van der Waals surface area contributed by atoms with Gasteiger partial charge in [0.05, 0.1) is 17.7 Å². The molecular formula is C16H15ClFNO2. The summed E-state index contributed by atoms with van der Waals surface area (Å²) < 4.78 is 18.5. The van der Waals surface area contributed by atoms with Gasteiger partial charge in [0, 0.05) is 17.8 Å². The molecule has 0 unspecified atom stereocenters. The highest BCUT2D eigenvalue weighted by molar-refractivity contribution is 6.30. The topological polar surface area (TPSA) is 38.3 Å². The van der Waals surface area contributed by atoms with Gasteiger partial charge in [0.15, 0.2) is 0 Å². The molecule has 0 saturated heterocycles. The molecule has 21 heavy (non-hydrogen) atoms. The van der Waals surface area contributed by atoms with Gasteiger partial charge in [-0.1, -0.05) is 29.8 Å². The number of nitrogens with one attached hydrogen (secondary N) is 1. The van der Waals surface area contributed by atoms with E-state index >= 15 is 0 Å². The fraction of sp³-hybridized carbons (Fsp3) is 0.188. The predicted molar refractivity (Wildman–Crippen MR) is 81.3 cm³/mol. The number of methoxy groups -OCH3 is 1. The van der Waals surface area contributed by atoms with E-state index in [0.29, 0.717) is 11.1 Å². The molecule has 3 nitrogen and oxygen atoms in total. The zero-order valence-corrected chi connectivity index (χ0v) is 12.5. The van der Waals surface area contributed by atoms with Crippen LogP contribution in [0.3, 0.4) is 0 Å². The van der Waals surface area contributed by atoms with Crippen LogP contribution in [0.5, 0.6) is 0 Å². The highest BCUT2D eigenvalue weighted by Gasteiger charge is 2.12. The normalized spacial score (nSPS) is 10.3. The lowest BCUT2D eigenvalue weighted by Gasteiger charge is -2.13. The van der Waals surface area contributed by atoms with Crippen molar-refractivity contribution in [2.45, 2.75) is 13.5 Å². The van der Waals surface area contributed by atoms with E-state index in [2.05, 4.69) is 5.32 Å². The monoisotopic (exact) mass is 307 g/mol. The first-order chi connectivity index (χ1) is 10.0. The summed E-state index contributed by atoms with van der Waals surface area (Å²) in [5.41, 5.74) is 2.45. The van der Waals surface area contributed by atoms with Crippen LogP contribution >= 0.6 is 11.6 Å². The lowest BCUT2D eigenvalue weighted by Crippen LogP contribution is -2.08. The second-order valence-corrected chi connectivity index (χ2v) is 4.94. The largest absolute Gasteiger partial charge is 0.465 e. The molecule has 0 aliphatic rings. The first-order valence-corrected chi connectivity index (χ1v) is 6.77. The number of carbonyl (C=O) groups excluding carboxylic acids is 1. The standard InChI is InChI=1S/C16H15ClFNO2/c1-10-12(16(20)21-2)6-4-8-14(10)19-9-11-5-3-7-13(17)15(11)18/h3-8,19H,9H2,1-2H3. The molecule has 2 rings (SSSR count). The number of esters is 1. The number of carbonyl (C=O) groups is 1. The maximum absolute atomic E-state index is 13.8. The van der Waals surface area contributed by atoms with E-state index in [1.807, 2.05) is 13.0 Å². The van der Waals surface area contributed by atoms with Crippen LogP contribution in [0.4, 0.5) is 10.1 Å². The lowest BCUT2D eigenvalue weighted by molar-refractivity contribution is 0.0600. The number of rotatable bonds is 4. The Morgan fingerprint density at radius 3 is 2.71 bits per heavy atom. The van der Waals surface area contributed by atoms with Gasteiger partial charge in [-0.2, -0.15) is 0 Å². The molecule has 0 radical (unpaired) electrons. The minimum Gasteiger partial charge on any atom is -0.465 e. The number of benzene rings is 2. The summed E-state index contributed by atoms with van der Waals surface area (Å²) in [6, 6.07) is 10.1. The second kappa shape index (κ2) is 6.59. The van der Waals surface area contributed by atoms with Crippen molar-refractivity contribution in [3.05, 3.63) is 63.9 Å². The molecule has 110 valence electrons. The van der Waals surface area contributed by atoms with Crippen LogP contribution in [0.25, 0.3) is 0 Å². The van der Waals surface area contributed by atoms with Crippen molar-refractivity contribution in [3.8, 4) is 0 Å². The van der Waals surface area contributed by atoms with Gasteiger partial charge in [0.1, 0.15) is 5.82 Å². The van der Waals surface area contributed by atoms with E-state index in [1.54, 1.807) is 24.3 Å². The number of ether oxygens (including phenoxy) is 1.